The van der Waals surface area contributed by atoms with Crippen LogP contribution in [0, 0.1) is 0 Å². The maximum Gasteiger partial charge on any atom is 0.221 e. The lowest BCUT2D eigenvalue weighted by atomic mass is 10.1. The fourth-order valence-electron chi connectivity index (χ4n) is 2.27. The fourth-order valence-corrected chi connectivity index (χ4v) is 3.45. The normalized spacial score (nSPS) is 15.1. The monoisotopic (exact) mass is 310 g/mol. The molecule has 1 aromatic rings. The first-order valence-electron chi connectivity index (χ1n) is 7.24. The minimum atomic E-state index is -3.21. The lowest BCUT2D eigenvalue weighted by molar-refractivity contribution is -0.121. The van der Waals surface area contributed by atoms with Crippen LogP contribution in [0.3, 0.4) is 0 Å². The zero-order chi connectivity index (χ0) is 15.3. The summed E-state index contributed by atoms with van der Waals surface area (Å²) in [5.41, 5.74) is 1.17. The highest BCUT2D eigenvalue weighted by molar-refractivity contribution is 7.88. The maximum absolute atomic E-state index is 11.8. The highest BCUT2D eigenvalue weighted by Crippen LogP contribution is 2.28. The molecule has 1 aliphatic carbocycles. The summed E-state index contributed by atoms with van der Waals surface area (Å²) in [6.45, 7) is 0.853. The van der Waals surface area contributed by atoms with Gasteiger partial charge < -0.3 is 5.32 Å². The van der Waals surface area contributed by atoms with E-state index < -0.39 is 10.0 Å². The van der Waals surface area contributed by atoms with Crippen molar-refractivity contribution >= 4 is 15.9 Å². The van der Waals surface area contributed by atoms with Crippen LogP contribution in [0.2, 0.25) is 0 Å². The molecule has 0 radical (unpaired) electrons. The minimum absolute atomic E-state index is 0.0970. The summed E-state index contributed by atoms with van der Waals surface area (Å²) in [6, 6.07) is 10.0. The van der Waals surface area contributed by atoms with Crippen molar-refractivity contribution < 1.29 is 13.2 Å². The Morgan fingerprint density at radius 2 is 1.95 bits per heavy atom. The first-order chi connectivity index (χ1) is 9.97. The molecule has 0 unspecified atom stereocenters. The number of amides is 1. The van der Waals surface area contributed by atoms with Crippen molar-refractivity contribution in [2.75, 3.05) is 19.3 Å². The Morgan fingerprint density at radius 1 is 1.29 bits per heavy atom. The number of sulfonamides is 1. The van der Waals surface area contributed by atoms with Crippen LogP contribution in [0.4, 0.5) is 0 Å². The molecule has 0 aromatic heterocycles. The van der Waals surface area contributed by atoms with E-state index in [2.05, 4.69) is 5.32 Å². The van der Waals surface area contributed by atoms with Gasteiger partial charge in [-0.2, -0.15) is 4.31 Å². The van der Waals surface area contributed by atoms with Gasteiger partial charge in [0.2, 0.25) is 15.9 Å². The van der Waals surface area contributed by atoms with E-state index >= 15 is 0 Å². The van der Waals surface area contributed by atoms with Gasteiger partial charge in [0.25, 0.3) is 0 Å². The van der Waals surface area contributed by atoms with Gasteiger partial charge in [0.1, 0.15) is 0 Å². The topological polar surface area (TPSA) is 66.5 Å². The molecule has 0 atom stereocenters. The van der Waals surface area contributed by atoms with Crippen molar-refractivity contribution in [1.82, 2.24) is 9.62 Å². The van der Waals surface area contributed by atoms with Gasteiger partial charge in [-0.15, -0.1) is 0 Å². The van der Waals surface area contributed by atoms with E-state index in [1.807, 2.05) is 30.3 Å². The summed E-state index contributed by atoms with van der Waals surface area (Å²) in [7, 11) is -3.21. The van der Waals surface area contributed by atoms with Crippen LogP contribution in [0.1, 0.15) is 24.8 Å². The quantitative estimate of drug-likeness (QED) is 0.783. The molecule has 1 aliphatic rings. The van der Waals surface area contributed by atoms with E-state index in [1.54, 1.807) is 0 Å². The van der Waals surface area contributed by atoms with Crippen molar-refractivity contribution in [3.05, 3.63) is 35.9 Å². The Bertz CT molecular complexity index is 568. The van der Waals surface area contributed by atoms with Crippen LogP contribution in [0.25, 0.3) is 0 Å². The number of rotatable bonds is 8. The van der Waals surface area contributed by atoms with Crippen molar-refractivity contribution in [3.8, 4) is 0 Å². The van der Waals surface area contributed by atoms with Crippen LogP contribution >= 0.6 is 0 Å². The molecule has 1 saturated carbocycles. The number of hydrogen-bond donors (Lipinski definition) is 1. The molecular formula is C15H22N2O3S. The largest absolute Gasteiger partial charge is 0.356 e. The summed E-state index contributed by atoms with van der Waals surface area (Å²) in [6.07, 6.45) is 4.02. The summed E-state index contributed by atoms with van der Waals surface area (Å²) < 4.78 is 24.7. The van der Waals surface area contributed by atoms with Gasteiger partial charge in [-0.25, -0.2) is 8.42 Å². The van der Waals surface area contributed by atoms with Crippen molar-refractivity contribution in [3.63, 3.8) is 0 Å². The molecule has 0 heterocycles. The SMILES string of the molecule is CS(=O)(=O)N(CCC(=O)NCCc1ccccc1)C1CC1. The molecule has 5 nitrogen and oxygen atoms in total. The number of carbonyl (C=O) groups is 1. The lowest BCUT2D eigenvalue weighted by Crippen LogP contribution is -2.36. The van der Waals surface area contributed by atoms with E-state index in [0.717, 1.165) is 19.3 Å². The number of benzene rings is 1. The van der Waals surface area contributed by atoms with Gasteiger partial charge in [0.15, 0.2) is 0 Å². The van der Waals surface area contributed by atoms with Gasteiger partial charge in [0, 0.05) is 25.6 Å². The molecular weight excluding hydrogens is 288 g/mol. The molecule has 0 aliphatic heterocycles. The van der Waals surface area contributed by atoms with Gasteiger partial charge in [0.05, 0.1) is 6.26 Å². The van der Waals surface area contributed by atoms with Crippen molar-refractivity contribution in [2.24, 2.45) is 0 Å². The zero-order valence-electron chi connectivity index (χ0n) is 12.3. The maximum atomic E-state index is 11.8. The number of carbonyl (C=O) groups excluding carboxylic acids is 1. The third kappa shape index (κ3) is 5.47. The van der Waals surface area contributed by atoms with Crippen molar-refractivity contribution in [1.29, 1.82) is 0 Å². The molecule has 0 saturated heterocycles. The predicted molar refractivity (Wildman–Crippen MR) is 82.3 cm³/mol. The molecule has 116 valence electrons. The number of nitrogens with one attached hydrogen (secondary N) is 1. The second-order valence-corrected chi connectivity index (χ2v) is 7.38. The van der Waals surface area contributed by atoms with E-state index in [9.17, 15) is 13.2 Å². The number of nitrogens with zero attached hydrogens (tertiary/aromatic N) is 1. The minimum Gasteiger partial charge on any atom is -0.356 e. The molecule has 0 bridgehead atoms. The molecule has 21 heavy (non-hydrogen) atoms. The molecule has 0 spiro atoms. The van der Waals surface area contributed by atoms with Gasteiger partial charge in [-0.05, 0) is 24.8 Å². The molecule has 1 fully saturated rings. The average Bonchev–Trinajstić information content (AvgIpc) is 3.23. The van der Waals surface area contributed by atoms with Crippen LogP contribution in [-0.4, -0.2) is 44.0 Å². The highest BCUT2D eigenvalue weighted by Gasteiger charge is 2.34. The van der Waals surface area contributed by atoms with Gasteiger partial charge in [-0.1, -0.05) is 30.3 Å². The van der Waals surface area contributed by atoms with Gasteiger partial charge in [-0.3, -0.25) is 4.79 Å². The fraction of sp³-hybridized carbons (Fsp3) is 0.533. The Kier molecular flexibility index (Phi) is 5.36. The average molecular weight is 310 g/mol. The first kappa shape index (κ1) is 16.0. The van der Waals surface area contributed by atoms with Crippen LogP contribution < -0.4 is 5.32 Å². The van der Waals surface area contributed by atoms with E-state index in [0.29, 0.717) is 6.54 Å². The van der Waals surface area contributed by atoms with Gasteiger partial charge >= 0.3 is 0 Å². The summed E-state index contributed by atoms with van der Waals surface area (Å²) in [5.74, 6) is -0.0970. The summed E-state index contributed by atoms with van der Waals surface area (Å²) in [4.78, 5) is 11.8. The highest BCUT2D eigenvalue weighted by atomic mass is 32.2. The molecule has 1 amide bonds. The standard InChI is InChI=1S/C15H22N2O3S/c1-21(19,20)17(14-7-8-14)12-10-15(18)16-11-9-13-5-3-2-4-6-13/h2-6,14H,7-12H2,1H3,(H,16,18). The molecule has 2 rings (SSSR count). The Hall–Kier alpha value is -1.40. The van der Waals surface area contributed by atoms with E-state index in [4.69, 9.17) is 0 Å². The van der Waals surface area contributed by atoms with Crippen LogP contribution in [0.5, 0.6) is 0 Å². The smallest absolute Gasteiger partial charge is 0.221 e. The molecule has 1 N–H and O–H groups in total. The molecule has 6 heteroatoms. The summed E-state index contributed by atoms with van der Waals surface area (Å²) >= 11 is 0. The Labute approximate surface area is 126 Å². The first-order valence-corrected chi connectivity index (χ1v) is 9.09. The lowest BCUT2D eigenvalue weighted by Gasteiger charge is -2.18. The number of hydrogen-bond acceptors (Lipinski definition) is 3. The van der Waals surface area contributed by atoms with Crippen molar-refractivity contribution in [2.45, 2.75) is 31.7 Å². The second kappa shape index (κ2) is 7.04. The third-order valence-electron chi connectivity index (χ3n) is 3.52. The Balaban J connectivity index is 1.69. The predicted octanol–water partition coefficient (Wildman–Crippen LogP) is 1.16. The van der Waals surface area contributed by atoms with Crippen LogP contribution in [-0.2, 0) is 21.2 Å². The third-order valence-corrected chi connectivity index (χ3v) is 4.85. The van der Waals surface area contributed by atoms with Crippen LogP contribution in [0.15, 0.2) is 30.3 Å². The zero-order valence-corrected chi connectivity index (χ0v) is 13.1. The van der Waals surface area contributed by atoms with E-state index in [-0.39, 0.29) is 24.9 Å². The van der Waals surface area contributed by atoms with E-state index in [1.165, 1.54) is 16.1 Å². The summed E-state index contributed by atoms with van der Waals surface area (Å²) in [5, 5.41) is 2.84. The second-order valence-electron chi connectivity index (χ2n) is 5.44. The Morgan fingerprint density at radius 3 is 2.52 bits per heavy atom. The molecule has 1 aromatic carbocycles.